The molecule has 0 heterocycles. The minimum absolute atomic E-state index is 0.00295. The molecule has 5 amide bonds. The highest BCUT2D eigenvalue weighted by atomic mass is 16.2. The van der Waals surface area contributed by atoms with Crippen LogP contribution in [0.3, 0.4) is 0 Å². The molecule has 0 radical (unpaired) electrons. The van der Waals surface area contributed by atoms with E-state index in [4.69, 9.17) is 40.1 Å². The minimum Gasteiger partial charge on any atom is -0.356 e. The van der Waals surface area contributed by atoms with E-state index in [1.54, 1.807) is 13.8 Å². The molecule has 0 saturated carbocycles. The molecule has 25 nitrogen and oxygen atoms in total. The lowest BCUT2D eigenvalue weighted by Gasteiger charge is -2.31. The molecule has 0 bridgehead atoms. The standard InChI is InChI=1S/C21H40N2O3.C20H39N3O3.2C20H32N2O2.2C13H25NO2.4C4H10/c1-14(2)16(13-20(4,5)6)19(26)23-17(18(25)21(7,8)9)11-10-12-22-15(3)24;1-13(2)14(12-19(3,4)5)17(25)23-15(16(24)20(6,7)8)10-9-11-22-18(21)26;2*1-20(2,3)19(24)16(11-7-8-12-21)14-18(23)17(22)13-15-9-5-4-6-10-15;2*1-8(2)11(14)10(15)7-9(3)12(16)13(4,5)6;4*1-4(2)3/h14,16-17H,10-13H2,1-9H3,(H,22,24)(H,23,26);13-15H,9-12H2,1-8H3,(H,23,25)(H3,21,22,26);2*4-6,9-10,16-17H,7-8,11-14,21-22H2,1-3H3;2*8-9,11H,7,14H2,1-6H3;4*4H,1-3H3. The minimum atomic E-state index is -0.585. The van der Waals surface area contributed by atoms with Gasteiger partial charge in [0.25, 0.3) is 0 Å². The third-order valence-corrected chi connectivity index (χ3v) is 22.8. The predicted octanol–water partition coefficient (Wildman–Crippen LogP) is 23.7. The fourth-order valence-corrected chi connectivity index (χ4v) is 14.8. The zero-order valence-electron chi connectivity index (χ0n) is 104. The second kappa shape index (κ2) is 78.7. The second-order valence-electron chi connectivity index (χ2n) is 53.6. The van der Waals surface area contributed by atoms with Crippen molar-refractivity contribution in [2.24, 2.45) is 166 Å². The first-order valence-electron chi connectivity index (χ1n) is 55.6. The Kier molecular flexibility index (Phi) is 82.8. The van der Waals surface area contributed by atoms with E-state index >= 15 is 0 Å². The van der Waals surface area contributed by atoms with Gasteiger partial charge in [-0.3, -0.25) is 62.3 Å². The highest BCUT2D eigenvalue weighted by Gasteiger charge is 2.40. The smallest absolute Gasteiger partial charge is 0.312 e. The number of urea groups is 1. The Labute approximate surface area is 906 Å². The third-order valence-electron chi connectivity index (χ3n) is 22.8. The first kappa shape index (κ1) is 156. The molecule has 12 atom stereocenters. The van der Waals surface area contributed by atoms with Crippen molar-refractivity contribution in [3.63, 3.8) is 0 Å². The monoisotopic (exact) mass is 2090 g/mol. The third kappa shape index (κ3) is 86.1. The maximum atomic E-state index is 12.9. The number of nitrogens with one attached hydrogen (secondary N) is 4. The van der Waals surface area contributed by atoms with E-state index in [1.807, 2.05) is 241 Å². The Balaban J connectivity index is -0.000000258. The topological polar surface area (TPSA) is 469 Å². The van der Waals surface area contributed by atoms with Gasteiger partial charge in [-0.15, -0.1) is 0 Å². The Morgan fingerprint density at radius 2 is 0.541 bits per heavy atom. The number of primary amides is 1. The molecule has 2 rings (SSSR count). The molecule has 2 aromatic carbocycles. The fourth-order valence-electron chi connectivity index (χ4n) is 14.8. The van der Waals surface area contributed by atoms with E-state index in [0.29, 0.717) is 77.5 Å². The quantitative estimate of drug-likeness (QED) is 0.0274. The average Bonchev–Trinajstić information content (AvgIpc) is 0.842. The van der Waals surface area contributed by atoms with Gasteiger partial charge in [-0.2, -0.15) is 0 Å². The van der Waals surface area contributed by atoms with Gasteiger partial charge in [0.2, 0.25) is 17.7 Å². The SMILES string of the molecule is CC(=O)NCCCC(NC(=O)C(CC(C)(C)C)C(C)C)C(=O)C(C)(C)C.CC(C)(C)C(=O)C(CCCCN)CC(=O)C(N)Cc1ccccc1.CC(C)(C)C(=O)C(CCCCN)CC(=O)C(N)Cc1ccccc1.CC(C)C.CC(C)C.CC(C)C.CC(C)C.CC(C)C(CC(C)(C)C)C(=O)NC(CCCNC(N)=O)C(=O)C(C)(C)C.CC(CC(=O)C(N)C(C)C)C(=O)C(C)(C)C.CC(CC(=O)C(N)C(C)C)C(=O)C(C)(C)C. The van der Waals surface area contributed by atoms with E-state index in [9.17, 15) is 67.1 Å². The molecule has 0 aliphatic heterocycles. The van der Waals surface area contributed by atoms with Gasteiger partial charge in [0, 0.05) is 114 Å². The number of Topliss-reactive ketones (excluding diaryl/α,β-unsaturated/α-hetero) is 10. The molecule has 864 valence electrons. The Morgan fingerprint density at radius 1 is 0.297 bits per heavy atom. The summed E-state index contributed by atoms with van der Waals surface area (Å²) in [5, 5.41) is 11.3. The van der Waals surface area contributed by atoms with E-state index in [2.05, 4.69) is 146 Å². The van der Waals surface area contributed by atoms with Crippen LogP contribution in [0.15, 0.2) is 60.7 Å². The van der Waals surface area contributed by atoms with Gasteiger partial charge in [0.15, 0.2) is 23.1 Å². The molecule has 0 aliphatic carbocycles. The second-order valence-corrected chi connectivity index (χ2v) is 53.6. The Bertz CT molecular complexity index is 3720. The molecule has 25 heteroatoms. The summed E-state index contributed by atoms with van der Waals surface area (Å²) in [6, 6.07) is 15.8. The van der Waals surface area contributed by atoms with Gasteiger partial charge in [-0.25, -0.2) is 4.79 Å². The van der Waals surface area contributed by atoms with Crippen molar-refractivity contribution in [3.05, 3.63) is 71.8 Å². The number of nitrogens with two attached hydrogens (primary N) is 7. The van der Waals surface area contributed by atoms with Crippen LogP contribution in [-0.2, 0) is 75.2 Å². The van der Waals surface area contributed by atoms with Crippen LogP contribution >= 0.6 is 0 Å². The van der Waals surface area contributed by atoms with Gasteiger partial charge >= 0.3 is 6.03 Å². The summed E-state index contributed by atoms with van der Waals surface area (Å²) < 4.78 is 0. The summed E-state index contributed by atoms with van der Waals surface area (Å²) in [6.07, 6.45) is 10.7. The van der Waals surface area contributed by atoms with Crippen LogP contribution in [0.1, 0.15) is 439 Å². The largest absolute Gasteiger partial charge is 0.356 e. The fraction of sp³-hybridized carbons (Fsp3) is 0.789. The highest BCUT2D eigenvalue weighted by molar-refractivity contribution is 5.97. The normalized spacial score (nSPS) is 14.2. The van der Waals surface area contributed by atoms with Crippen LogP contribution in [-0.4, -0.2) is 144 Å². The predicted molar refractivity (Wildman–Crippen MR) is 624 cm³/mol. The summed E-state index contributed by atoms with van der Waals surface area (Å²) >= 11 is 0. The van der Waals surface area contributed by atoms with Crippen LogP contribution < -0.4 is 61.4 Å². The summed E-state index contributed by atoms with van der Waals surface area (Å²) in [6.45, 7) is 95.6. The summed E-state index contributed by atoms with van der Waals surface area (Å²) in [4.78, 5) is 171. The lowest BCUT2D eigenvalue weighted by Crippen LogP contribution is -2.49. The summed E-state index contributed by atoms with van der Waals surface area (Å²) in [7, 11) is 0. The van der Waals surface area contributed by atoms with E-state index in [-0.39, 0.29) is 182 Å². The summed E-state index contributed by atoms with van der Waals surface area (Å²) in [5.41, 5.74) is 39.2. The lowest BCUT2D eigenvalue weighted by atomic mass is 9.78. The number of hydrogen-bond donors (Lipinski definition) is 11. The molecule has 0 fully saturated rings. The average molecular weight is 2090 g/mol. The van der Waals surface area contributed by atoms with Crippen LogP contribution in [0, 0.1) is 126 Å². The van der Waals surface area contributed by atoms with E-state index in [1.165, 1.54) is 6.92 Å². The van der Waals surface area contributed by atoms with Crippen molar-refractivity contribution in [1.29, 1.82) is 0 Å². The molecule has 18 N–H and O–H groups in total. The van der Waals surface area contributed by atoms with Crippen LogP contribution in [0.2, 0.25) is 0 Å². The van der Waals surface area contributed by atoms with Crippen LogP contribution in [0.4, 0.5) is 4.79 Å². The van der Waals surface area contributed by atoms with E-state index in [0.717, 1.165) is 73.3 Å². The maximum absolute atomic E-state index is 12.9. The lowest BCUT2D eigenvalue weighted by molar-refractivity contribution is -0.135. The Hall–Kier alpha value is -7.42. The van der Waals surface area contributed by atoms with Gasteiger partial charge in [-0.05, 0) is 159 Å². The van der Waals surface area contributed by atoms with Crippen molar-refractivity contribution in [2.75, 3.05) is 26.2 Å². The number of rotatable bonds is 48. The number of unbranched alkanes of at least 4 members (excludes halogenated alkanes) is 2. The number of amides is 5. The molecular formula is C123H233N11O14. The summed E-state index contributed by atoms with van der Waals surface area (Å²) in [5.74, 6) is 2.99. The highest BCUT2D eigenvalue weighted by Crippen LogP contribution is 2.35. The first-order chi connectivity index (χ1) is 66.9. The van der Waals surface area contributed by atoms with Gasteiger partial charge in [-0.1, -0.05) is 392 Å². The number of benzene rings is 2. The first-order valence-corrected chi connectivity index (χ1v) is 55.6. The molecular weight excluding hydrogens is 1860 g/mol. The number of hydrogen-bond acceptors (Lipinski definition) is 20. The van der Waals surface area contributed by atoms with Gasteiger partial charge < -0.3 is 61.4 Å². The van der Waals surface area contributed by atoms with Crippen molar-refractivity contribution in [2.45, 2.75) is 477 Å². The zero-order valence-corrected chi connectivity index (χ0v) is 104. The maximum Gasteiger partial charge on any atom is 0.312 e. The number of ketones is 10. The van der Waals surface area contributed by atoms with Crippen LogP contribution in [0.5, 0.6) is 0 Å². The molecule has 148 heavy (non-hydrogen) atoms. The van der Waals surface area contributed by atoms with E-state index < -0.39 is 63.9 Å². The molecule has 12 unspecified atom stereocenters. The van der Waals surface area contributed by atoms with Crippen LogP contribution in [0.25, 0.3) is 0 Å². The van der Waals surface area contributed by atoms with Crippen molar-refractivity contribution in [3.8, 4) is 0 Å². The van der Waals surface area contributed by atoms with Crippen molar-refractivity contribution >= 4 is 81.6 Å². The van der Waals surface area contributed by atoms with Crippen molar-refractivity contribution in [1.82, 2.24) is 21.3 Å². The molecule has 0 spiro atoms. The number of carbonyl (C=O) groups is 14. The molecule has 2 aromatic rings. The van der Waals surface area contributed by atoms with Gasteiger partial charge in [0.1, 0.15) is 34.7 Å². The molecule has 0 saturated heterocycles. The van der Waals surface area contributed by atoms with Gasteiger partial charge in [0.05, 0.1) is 36.3 Å². The zero-order chi connectivity index (χ0) is 118. The molecule has 0 aromatic heterocycles. The molecule has 0 aliphatic rings. The van der Waals surface area contributed by atoms with Crippen molar-refractivity contribution < 1.29 is 67.1 Å². The number of carbonyl (C=O) groups excluding carboxylic acids is 14. The Morgan fingerprint density at radius 3 is 0.743 bits per heavy atom.